The van der Waals surface area contributed by atoms with Crippen molar-refractivity contribution >= 4 is 17.1 Å². The molecule has 43 heavy (non-hydrogen) atoms. The van der Waals surface area contributed by atoms with Gasteiger partial charge in [0, 0.05) is 48.3 Å². The molecule has 0 spiro atoms. The number of aromatic nitrogens is 6. The fraction of sp³-hybridized carbons (Fsp3) is 0.387. The first-order valence-electron chi connectivity index (χ1n) is 14.6. The quantitative estimate of drug-likeness (QED) is 0.282. The van der Waals surface area contributed by atoms with Crippen LogP contribution in [0.15, 0.2) is 47.2 Å². The number of halogens is 1. The fourth-order valence-electron chi connectivity index (χ4n) is 5.71. The van der Waals surface area contributed by atoms with E-state index in [1.165, 1.54) is 0 Å². The maximum atomic E-state index is 13.6. The number of hydrogen-bond donors (Lipinski definition) is 1. The number of ether oxygens (including phenoxy) is 1. The van der Waals surface area contributed by atoms with Crippen molar-refractivity contribution in [2.45, 2.75) is 45.8 Å². The van der Waals surface area contributed by atoms with Gasteiger partial charge in [0.05, 0.1) is 48.6 Å². The summed E-state index contributed by atoms with van der Waals surface area (Å²) in [6, 6.07) is 9.53. The van der Waals surface area contributed by atoms with Gasteiger partial charge in [-0.05, 0) is 56.5 Å². The highest BCUT2D eigenvalue weighted by molar-refractivity contribution is 6.09. The number of nitrogens with zero attached hydrogens (tertiary/aromatic N) is 7. The van der Waals surface area contributed by atoms with Crippen LogP contribution in [0.2, 0.25) is 0 Å². The molecule has 2 aliphatic rings. The van der Waals surface area contributed by atoms with Gasteiger partial charge in [-0.2, -0.15) is 15.2 Å². The summed E-state index contributed by atoms with van der Waals surface area (Å²) >= 11 is 0. The van der Waals surface area contributed by atoms with Gasteiger partial charge in [-0.3, -0.25) is 14.4 Å². The number of carbonyl (C=O) groups excluding carboxylic acids is 1. The molecule has 0 bridgehead atoms. The first kappa shape index (κ1) is 27.4. The van der Waals surface area contributed by atoms with Gasteiger partial charge in [-0.15, -0.1) is 0 Å². The average Bonchev–Trinajstić information content (AvgIpc) is 3.33. The number of amides is 1. The van der Waals surface area contributed by atoms with Crippen LogP contribution in [-0.4, -0.2) is 79.4 Å². The lowest BCUT2D eigenvalue weighted by Gasteiger charge is -2.26. The molecule has 0 unspecified atom stereocenters. The van der Waals surface area contributed by atoms with E-state index in [1.807, 2.05) is 44.3 Å². The third kappa shape index (κ3) is 5.32. The third-order valence-electron chi connectivity index (χ3n) is 8.38. The molecule has 222 valence electrons. The summed E-state index contributed by atoms with van der Waals surface area (Å²) < 4.78 is 27.9. The van der Waals surface area contributed by atoms with Crippen molar-refractivity contribution in [3.05, 3.63) is 71.1 Å². The average molecular weight is 585 g/mol. The highest BCUT2D eigenvalue weighted by Gasteiger charge is 2.43. The molecule has 12 heteroatoms. The van der Waals surface area contributed by atoms with Gasteiger partial charge in [-0.1, -0.05) is 17.3 Å². The topological polar surface area (TPSA) is 116 Å². The van der Waals surface area contributed by atoms with E-state index in [4.69, 9.17) is 14.4 Å². The van der Waals surface area contributed by atoms with Crippen LogP contribution in [0.4, 0.5) is 10.1 Å². The molecule has 5 heterocycles. The lowest BCUT2D eigenvalue weighted by atomic mass is 10.0. The lowest BCUT2D eigenvalue weighted by Crippen LogP contribution is -2.38. The molecular formula is C31H33FN8O3. The van der Waals surface area contributed by atoms with Crippen molar-refractivity contribution in [2.75, 3.05) is 38.2 Å². The summed E-state index contributed by atoms with van der Waals surface area (Å²) in [5.41, 5.74) is 7.37. The molecule has 2 fully saturated rings. The Balaban J connectivity index is 1.12. The minimum absolute atomic E-state index is 0.283. The van der Waals surface area contributed by atoms with Gasteiger partial charge in [0.2, 0.25) is 11.7 Å². The van der Waals surface area contributed by atoms with Crippen LogP contribution in [0.5, 0.6) is 0 Å². The number of pyridine rings is 1. The Bertz CT molecular complexity index is 1820. The zero-order valence-corrected chi connectivity index (χ0v) is 24.4. The predicted octanol–water partition coefficient (Wildman–Crippen LogP) is 4.58. The number of fused-ring (bicyclic) bond motifs is 1. The van der Waals surface area contributed by atoms with Gasteiger partial charge in [0.1, 0.15) is 6.17 Å². The molecule has 1 saturated carbocycles. The van der Waals surface area contributed by atoms with Crippen LogP contribution in [0.25, 0.3) is 28.0 Å². The number of alkyl halides is 1. The van der Waals surface area contributed by atoms with E-state index >= 15 is 0 Å². The lowest BCUT2D eigenvalue weighted by molar-refractivity contribution is 0.0359. The monoisotopic (exact) mass is 584 g/mol. The predicted molar refractivity (Wildman–Crippen MR) is 158 cm³/mol. The molecule has 1 aromatic carbocycles. The van der Waals surface area contributed by atoms with E-state index < -0.39 is 6.17 Å². The van der Waals surface area contributed by atoms with Gasteiger partial charge >= 0.3 is 0 Å². The van der Waals surface area contributed by atoms with Crippen molar-refractivity contribution in [2.24, 2.45) is 0 Å². The largest absolute Gasteiger partial charge is 0.379 e. The number of rotatable bonds is 8. The minimum atomic E-state index is -0.920. The number of morpholine rings is 1. The van der Waals surface area contributed by atoms with Gasteiger partial charge < -0.3 is 14.6 Å². The van der Waals surface area contributed by atoms with E-state index in [-0.39, 0.29) is 11.8 Å². The standard InChI is InChI=1S/C31H33FN8O3/c1-18-4-5-22(29-35-31(43-37-29)23-16-25(23)32)14-26(18)34-30(41)24-17-33-40-7-6-21(15-27(24)40)28-19(2)36-39(20(28)3)9-8-38-10-12-42-13-11-38/h4-7,14-15,17,23,25H,8-13,16H2,1-3H3,(H,34,41)/t23-,25-/m0/s1. The van der Waals surface area contributed by atoms with Crippen molar-refractivity contribution in [1.82, 2.24) is 34.4 Å². The van der Waals surface area contributed by atoms with E-state index in [9.17, 15) is 9.18 Å². The summed E-state index contributed by atoms with van der Waals surface area (Å²) in [4.78, 5) is 20.3. The Morgan fingerprint density at radius 1 is 1.09 bits per heavy atom. The normalized spacial score (nSPS) is 18.8. The molecule has 5 aromatic rings. The Labute approximate surface area is 247 Å². The summed E-state index contributed by atoms with van der Waals surface area (Å²) in [5, 5.41) is 16.3. The Morgan fingerprint density at radius 2 is 1.91 bits per heavy atom. The number of anilines is 1. The zero-order chi connectivity index (χ0) is 29.7. The number of benzene rings is 1. The fourth-order valence-corrected chi connectivity index (χ4v) is 5.71. The Kier molecular flexibility index (Phi) is 7.02. The molecular weight excluding hydrogens is 551 g/mol. The van der Waals surface area contributed by atoms with E-state index in [1.54, 1.807) is 16.8 Å². The Hall–Kier alpha value is -4.42. The number of hydrogen-bond acceptors (Lipinski definition) is 8. The third-order valence-corrected chi connectivity index (χ3v) is 8.38. The van der Waals surface area contributed by atoms with Crippen LogP contribution in [0.3, 0.4) is 0 Å². The molecule has 1 aliphatic carbocycles. The van der Waals surface area contributed by atoms with Crippen molar-refractivity contribution in [3.8, 4) is 22.5 Å². The van der Waals surface area contributed by atoms with E-state index in [2.05, 4.69) is 37.1 Å². The van der Waals surface area contributed by atoms with E-state index in [0.717, 1.165) is 67.5 Å². The molecule has 1 aliphatic heterocycles. The van der Waals surface area contributed by atoms with Crippen LogP contribution >= 0.6 is 0 Å². The minimum Gasteiger partial charge on any atom is -0.379 e. The highest BCUT2D eigenvalue weighted by atomic mass is 19.1. The SMILES string of the molecule is Cc1ccc(-c2noc([C@H]3C[C@@H]3F)n2)cc1NC(=O)c1cnn2ccc(-c3c(C)nn(CCN4CCOCC4)c3C)cc12. The summed E-state index contributed by atoms with van der Waals surface area (Å²) in [5.74, 6) is 0.0721. The Morgan fingerprint density at radius 3 is 2.70 bits per heavy atom. The first-order valence-corrected chi connectivity index (χ1v) is 14.6. The molecule has 1 amide bonds. The maximum Gasteiger partial charge on any atom is 0.259 e. The molecule has 4 aromatic heterocycles. The van der Waals surface area contributed by atoms with Crippen molar-refractivity contribution in [3.63, 3.8) is 0 Å². The number of nitrogens with one attached hydrogen (secondary N) is 1. The van der Waals surface area contributed by atoms with Crippen LogP contribution in [-0.2, 0) is 11.3 Å². The summed E-state index contributed by atoms with van der Waals surface area (Å²) in [6.07, 6.45) is 2.94. The molecule has 0 radical (unpaired) electrons. The van der Waals surface area contributed by atoms with Gasteiger partial charge in [0.25, 0.3) is 5.91 Å². The van der Waals surface area contributed by atoms with E-state index in [0.29, 0.717) is 40.5 Å². The number of aryl methyl sites for hydroxylation is 2. The van der Waals surface area contributed by atoms with Gasteiger partial charge in [0.15, 0.2) is 0 Å². The first-order chi connectivity index (χ1) is 20.9. The maximum absolute atomic E-state index is 13.6. The van der Waals surface area contributed by atoms with Gasteiger partial charge in [-0.25, -0.2) is 8.91 Å². The summed E-state index contributed by atoms with van der Waals surface area (Å²) in [7, 11) is 0. The summed E-state index contributed by atoms with van der Waals surface area (Å²) in [6.45, 7) is 11.2. The van der Waals surface area contributed by atoms with Crippen molar-refractivity contribution in [1.29, 1.82) is 0 Å². The molecule has 2 atom stereocenters. The molecule has 11 nitrogen and oxygen atoms in total. The van der Waals surface area contributed by atoms with Crippen molar-refractivity contribution < 1.29 is 18.4 Å². The molecule has 1 N–H and O–H groups in total. The van der Waals surface area contributed by atoms with Crippen LogP contribution in [0.1, 0.15) is 45.5 Å². The molecule has 1 saturated heterocycles. The molecule has 7 rings (SSSR count). The van der Waals surface area contributed by atoms with Crippen LogP contribution in [0, 0.1) is 20.8 Å². The smallest absolute Gasteiger partial charge is 0.259 e. The second kappa shape index (κ2) is 11.0. The highest BCUT2D eigenvalue weighted by Crippen LogP contribution is 2.43. The zero-order valence-electron chi connectivity index (χ0n) is 24.4. The van der Waals surface area contributed by atoms with Crippen LogP contribution < -0.4 is 5.32 Å². The number of carbonyl (C=O) groups is 1. The second-order valence-electron chi connectivity index (χ2n) is 11.3. The second-order valence-corrected chi connectivity index (χ2v) is 11.3.